The highest BCUT2D eigenvalue weighted by Crippen LogP contribution is 2.16. The second-order valence-corrected chi connectivity index (χ2v) is 4.96. The highest BCUT2D eigenvalue weighted by molar-refractivity contribution is 5.46. The van der Waals surface area contributed by atoms with Crippen LogP contribution in [-0.4, -0.2) is 18.3 Å². The van der Waals surface area contributed by atoms with Crippen LogP contribution in [0.1, 0.15) is 24.5 Å². The first-order valence-electron chi connectivity index (χ1n) is 7.47. The standard InChI is InChI=1S/C18H23NO2/c1-2-21-18-10-4-7-16(13-18)14-19-17-9-3-6-15(12-17)8-5-11-20/h3-4,6-7,9-10,12-13,19-20H,2,5,8,11,14H2,1H3. The molecule has 2 aromatic rings. The van der Waals surface area contributed by atoms with Crippen molar-refractivity contribution in [3.63, 3.8) is 0 Å². The number of benzene rings is 2. The third-order valence-electron chi connectivity index (χ3n) is 3.26. The predicted octanol–water partition coefficient (Wildman–Crippen LogP) is 3.62. The van der Waals surface area contributed by atoms with E-state index in [2.05, 4.69) is 35.6 Å². The lowest BCUT2D eigenvalue weighted by Gasteiger charge is -2.10. The Balaban J connectivity index is 1.94. The minimum Gasteiger partial charge on any atom is -0.494 e. The predicted molar refractivity (Wildman–Crippen MR) is 86.8 cm³/mol. The van der Waals surface area contributed by atoms with Crippen molar-refractivity contribution in [3.05, 3.63) is 59.7 Å². The van der Waals surface area contributed by atoms with E-state index in [1.54, 1.807) is 0 Å². The molecular formula is C18H23NO2. The quantitative estimate of drug-likeness (QED) is 0.778. The highest BCUT2D eigenvalue weighted by Gasteiger charge is 1.99. The van der Waals surface area contributed by atoms with Crippen LogP contribution >= 0.6 is 0 Å². The minimum absolute atomic E-state index is 0.238. The van der Waals surface area contributed by atoms with Crippen LogP contribution in [0.2, 0.25) is 0 Å². The largest absolute Gasteiger partial charge is 0.494 e. The topological polar surface area (TPSA) is 41.5 Å². The van der Waals surface area contributed by atoms with Crippen molar-refractivity contribution < 1.29 is 9.84 Å². The summed E-state index contributed by atoms with van der Waals surface area (Å²) in [4.78, 5) is 0. The number of anilines is 1. The summed E-state index contributed by atoms with van der Waals surface area (Å²) in [6.45, 7) is 3.68. The Morgan fingerprint density at radius 2 is 1.86 bits per heavy atom. The number of rotatable bonds is 8. The molecule has 0 aliphatic carbocycles. The first kappa shape index (κ1) is 15.4. The van der Waals surface area contributed by atoms with E-state index in [1.807, 2.05) is 25.1 Å². The van der Waals surface area contributed by atoms with E-state index in [9.17, 15) is 0 Å². The molecule has 0 atom stereocenters. The molecule has 0 radical (unpaired) electrons. The lowest BCUT2D eigenvalue weighted by molar-refractivity contribution is 0.288. The monoisotopic (exact) mass is 285 g/mol. The Hall–Kier alpha value is -2.00. The molecule has 2 aromatic carbocycles. The van der Waals surface area contributed by atoms with Crippen molar-refractivity contribution in [2.45, 2.75) is 26.3 Å². The van der Waals surface area contributed by atoms with Gasteiger partial charge >= 0.3 is 0 Å². The Bertz CT molecular complexity index is 554. The van der Waals surface area contributed by atoms with Gasteiger partial charge in [-0.15, -0.1) is 0 Å². The molecule has 3 nitrogen and oxygen atoms in total. The Kier molecular flexibility index (Phi) is 6.10. The van der Waals surface area contributed by atoms with Gasteiger partial charge in [0.25, 0.3) is 0 Å². The fourth-order valence-corrected chi connectivity index (χ4v) is 2.24. The molecule has 0 heterocycles. The summed E-state index contributed by atoms with van der Waals surface area (Å²) in [5, 5.41) is 12.3. The third-order valence-corrected chi connectivity index (χ3v) is 3.26. The molecule has 112 valence electrons. The van der Waals surface area contributed by atoms with Gasteiger partial charge in [0.2, 0.25) is 0 Å². The van der Waals surface area contributed by atoms with Crippen LogP contribution in [0.15, 0.2) is 48.5 Å². The maximum absolute atomic E-state index is 8.89. The van der Waals surface area contributed by atoms with Gasteiger partial charge in [-0.25, -0.2) is 0 Å². The number of ether oxygens (including phenoxy) is 1. The van der Waals surface area contributed by atoms with Gasteiger partial charge in [-0.3, -0.25) is 0 Å². The second-order valence-electron chi connectivity index (χ2n) is 4.96. The molecule has 3 heteroatoms. The van der Waals surface area contributed by atoms with Crippen molar-refractivity contribution in [3.8, 4) is 5.75 Å². The maximum atomic E-state index is 8.89. The van der Waals surface area contributed by atoms with Crippen LogP contribution in [0.5, 0.6) is 5.75 Å². The van der Waals surface area contributed by atoms with Gasteiger partial charge in [0.1, 0.15) is 5.75 Å². The number of aliphatic hydroxyl groups excluding tert-OH is 1. The molecule has 0 aromatic heterocycles. The van der Waals surface area contributed by atoms with E-state index >= 15 is 0 Å². The Labute approximate surface area is 126 Å². The van der Waals surface area contributed by atoms with Gasteiger partial charge in [0, 0.05) is 18.8 Å². The summed E-state index contributed by atoms with van der Waals surface area (Å²) >= 11 is 0. The molecule has 0 aliphatic rings. The molecule has 0 spiro atoms. The smallest absolute Gasteiger partial charge is 0.119 e. The lowest BCUT2D eigenvalue weighted by Crippen LogP contribution is -2.01. The lowest BCUT2D eigenvalue weighted by atomic mass is 10.1. The maximum Gasteiger partial charge on any atom is 0.119 e. The van der Waals surface area contributed by atoms with Crippen molar-refractivity contribution in [2.24, 2.45) is 0 Å². The van der Waals surface area contributed by atoms with Gasteiger partial charge in [-0.2, -0.15) is 0 Å². The van der Waals surface area contributed by atoms with E-state index in [-0.39, 0.29) is 6.61 Å². The van der Waals surface area contributed by atoms with Crippen molar-refractivity contribution in [2.75, 3.05) is 18.5 Å². The zero-order valence-corrected chi connectivity index (χ0v) is 12.5. The second kappa shape index (κ2) is 8.32. The van der Waals surface area contributed by atoms with Gasteiger partial charge < -0.3 is 15.2 Å². The molecule has 0 aliphatic heterocycles. The van der Waals surface area contributed by atoms with Crippen LogP contribution in [0, 0.1) is 0 Å². The minimum atomic E-state index is 0.238. The number of hydrogen-bond donors (Lipinski definition) is 2. The molecule has 0 saturated heterocycles. The Morgan fingerprint density at radius 3 is 2.67 bits per heavy atom. The summed E-state index contributed by atoms with van der Waals surface area (Å²) in [6, 6.07) is 16.5. The van der Waals surface area contributed by atoms with Gasteiger partial charge in [-0.1, -0.05) is 24.3 Å². The van der Waals surface area contributed by atoms with Crippen LogP contribution in [0.25, 0.3) is 0 Å². The molecular weight excluding hydrogens is 262 g/mol. The fourth-order valence-electron chi connectivity index (χ4n) is 2.24. The zero-order chi connectivity index (χ0) is 14.9. The SMILES string of the molecule is CCOc1cccc(CNc2cccc(CCCO)c2)c1. The molecule has 2 N–H and O–H groups in total. The molecule has 21 heavy (non-hydrogen) atoms. The van der Waals surface area contributed by atoms with E-state index in [0.717, 1.165) is 30.8 Å². The Morgan fingerprint density at radius 1 is 1.05 bits per heavy atom. The van der Waals surface area contributed by atoms with Crippen molar-refractivity contribution in [1.29, 1.82) is 0 Å². The first-order valence-corrected chi connectivity index (χ1v) is 7.47. The molecule has 0 fully saturated rings. The zero-order valence-electron chi connectivity index (χ0n) is 12.5. The average Bonchev–Trinajstić information content (AvgIpc) is 2.52. The van der Waals surface area contributed by atoms with Crippen molar-refractivity contribution in [1.82, 2.24) is 0 Å². The number of aryl methyl sites for hydroxylation is 1. The van der Waals surface area contributed by atoms with Crippen LogP contribution in [-0.2, 0) is 13.0 Å². The van der Waals surface area contributed by atoms with Crippen LogP contribution < -0.4 is 10.1 Å². The van der Waals surface area contributed by atoms with Gasteiger partial charge in [-0.05, 0) is 55.2 Å². The van der Waals surface area contributed by atoms with Gasteiger partial charge in [0.15, 0.2) is 0 Å². The van der Waals surface area contributed by atoms with Crippen molar-refractivity contribution >= 4 is 5.69 Å². The van der Waals surface area contributed by atoms with Gasteiger partial charge in [0.05, 0.1) is 6.61 Å². The average molecular weight is 285 g/mol. The molecule has 0 saturated carbocycles. The van der Waals surface area contributed by atoms with E-state index < -0.39 is 0 Å². The highest BCUT2D eigenvalue weighted by atomic mass is 16.5. The van der Waals surface area contributed by atoms with E-state index in [0.29, 0.717) is 6.61 Å². The van der Waals surface area contributed by atoms with Crippen LogP contribution in [0.3, 0.4) is 0 Å². The summed E-state index contributed by atoms with van der Waals surface area (Å²) < 4.78 is 5.51. The molecule has 0 bridgehead atoms. The van der Waals surface area contributed by atoms with Crippen LogP contribution in [0.4, 0.5) is 5.69 Å². The number of aliphatic hydroxyl groups is 1. The summed E-state index contributed by atoms with van der Waals surface area (Å²) in [5.74, 6) is 0.911. The number of nitrogens with one attached hydrogen (secondary N) is 1. The summed E-state index contributed by atoms with van der Waals surface area (Å²) in [5.41, 5.74) is 3.55. The van der Waals surface area contributed by atoms with E-state index in [4.69, 9.17) is 9.84 Å². The summed E-state index contributed by atoms with van der Waals surface area (Å²) in [7, 11) is 0. The fraction of sp³-hybridized carbons (Fsp3) is 0.333. The first-order chi connectivity index (χ1) is 10.3. The van der Waals surface area contributed by atoms with E-state index in [1.165, 1.54) is 11.1 Å². The molecule has 0 amide bonds. The normalized spacial score (nSPS) is 10.4. The molecule has 2 rings (SSSR count). The molecule has 0 unspecified atom stereocenters. The number of hydrogen-bond acceptors (Lipinski definition) is 3. The third kappa shape index (κ3) is 5.12. The summed E-state index contributed by atoms with van der Waals surface area (Å²) in [6.07, 6.45) is 1.71.